The summed E-state index contributed by atoms with van der Waals surface area (Å²) in [4.78, 5) is 24.7. The Morgan fingerprint density at radius 1 is 1.12 bits per heavy atom. The van der Waals surface area contributed by atoms with Crippen molar-refractivity contribution in [3.63, 3.8) is 0 Å². The van der Waals surface area contributed by atoms with E-state index in [4.69, 9.17) is 0 Å². The lowest BCUT2D eigenvalue weighted by molar-refractivity contribution is -0.122. The maximum Gasteiger partial charge on any atom is 0.278 e. The van der Waals surface area contributed by atoms with Crippen LogP contribution in [0.15, 0.2) is 47.3 Å². The second kappa shape index (κ2) is 6.84. The van der Waals surface area contributed by atoms with Crippen molar-refractivity contribution in [2.45, 2.75) is 33.4 Å². The molecular formula is C19H20N4O2. The van der Waals surface area contributed by atoms with Crippen LogP contribution in [0.2, 0.25) is 0 Å². The van der Waals surface area contributed by atoms with Crippen LogP contribution in [-0.4, -0.2) is 20.9 Å². The molecule has 1 heterocycles. The number of carbonyl (C=O) groups excluding carboxylic acids is 1. The van der Waals surface area contributed by atoms with Gasteiger partial charge in [-0.2, -0.15) is 0 Å². The molecule has 2 aromatic carbocycles. The summed E-state index contributed by atoms with van der Waals surface area (Å²) >= 11 is 0. The zero-order chi connectivity index (χ0) is 18.0. The average molecular weight is 336 g/mol. The third kappa shape index (κ3) is 3.74. The van der Waals surface area contributed by atoms with Crippen molar-refractivity contribution in [1.82, 2.24) is 20.3 Å². The zero-order valence-corrected chi connectivity index (χ0v) is 14.5. The first-order chi connectivity index (χ1) is 11.9. The van der Waals surface area contributed by atoms with E-state index in [9.17, 15) is 9.59 Å². The van der Waals surface area contributed by atoms with Crippen LogP contribution in [0.5, 0.6) is 0 Å². The third-order valence-corrected chi connectivity index (χ3v) is 4.13. The van der Waals surface area contributed by atoms with Crippen molar-refractivity contribution in [1.29, 1.82) is 0 Å². The molecule has 6 heteroatoms. The Morgan fingerprint density at radius 2 is 1.80 bits per heavy atom. The largest absolute Gasteiger partial charge is 0.348 e. The molecule has 0 aliphatic carbocycles. The van der Waals surface area contributed by atoms with E-state index in [1.165, 1.54) is 0 Å². The van der Waals surface area contributed by atoms with Crippen molar-refractivity contribution in [2.24, 2.45) is 0 Å². The van der Waals surface area contributed by atoms with Crippen molar-refractivity contribution < 1.29 is 4.79 Å². The van der Waals surface area contributed by atoms with Gasteiger partial charge in [-0.15, -0.1) is 5.10 Å². The van der Waals surface area contributed by atoms with E-state index >= 15 is 0 Å². The van der Waals surface area contributed by atoms with E-state index < -0.39 is 0 Å². The molecule has 1 unspecified atom stereocenters. The van der Waals surface area contributed by atoms with Crippen LogP contribution >= 0.6 is 0 Å². The van der Waals surface area contributed by atoms with Crippen LogP contribution in [0.4, 0.5) is 0 Å². The molecule has 6 nitrogen and oxygen atoms in total. The second-order valence-corrected chi connectivity index (χ2v) is 6.27. The molecule has 1 atom stereocenters. The Morgan fingerprint density at radius 3 is 2.52 bits per heavy atom. The zero-order valence-electron chi connectivity index (χ0n) is 14.5. The second-order valence-electron chi connectivity index (χ2n) is 6.27. The number of fused-ring (bicyclic) bond motifs is 1. The number of nitrogens with one attached hydrogen (secondary N) is 1. The van der Waals surface area contributed by atoms with Gasteiger partial charge in [0.1, 0.15) is 12.1 Å². The molecule has 1 N–H and O–H groups in total. The van der Waals surface area contributed by atoms with E-state index in [-0.39, 0.29) is 24.1 Å². The normalized spacial score (nSPS) is 12.1. The van der Waals surface area contributed by atoms with E-state index in [1.54, 1.807) is 12.1 Å². The van der Waals surface area contributed by atoms with Crippen molar-refractivity contribution in [3.05, 3.63) is 69.5 Å². The summed E-state index contributed by atoms with van der Waals surface area (Å²) in [6.07, 6.45) is 0. The number of aryl methyl sites for hydroxylation is 2. The SMILES string of the molecule is Cc1ccc(C(C)NC(=O)Cn2nnc3cc(C)ccc3c2=O)cc1. The molecule has 1 aromatic heterocycles. The number of hydrogen-bond donors (Lipinski definition) is 1. The molecule has 0 saturated carbocycles. The van der Waals surface area contributed by atoms with E-state index in [0.717, 1.165) is 21.4 Å². The summed E-state index contributed by atoms with van der Waals surface area (Å²) in [5, 5.41) is 11.2. The number of nitrogens with zero attached hydrogens (tertiary/aromatic N) is 3. The van der Waals surface area contributed by atoms with Gasteiger partial charge in [-0.05, 0) is 44.0 Å². The minimum absolute atomic E-state index is 0.153. The van der Waals surface area contributed by atoms with Crippen LogP contribution in [0.25, 0.3) is 10.9 Å². The lowest BCUT2D eigenvalue weighted by atomic mass is 10.1. The van der Waals surface area contributed by atoms with Crippen LogP contribution in [0.1, 0.15) is 29.7 Å². The molecule has 0 bridgehead atoms. The van der Waals surface area contributed by atoms with Gasteiger partial charge < -0.3 is 5.32 Å². The summed E-state index contributed by atoms with van der Waals surface area (Å²) in [6, 6.07) is 13.2. The predicted octanol–water partition coefficient (Wildman–Crippen LogP) is 2.29. The summed E-state index contributed by atoms with van der Waals surface area (Å²) in [5.74, 6) is -0.282. The maximum atomic E-state index is 12.4. The first kappa shape index (κ1) is 16.8. The number of rotatable bonds is 4. The third-order valence-electron chi connectivity index (χ3n) is 4.13. The first-order valence-corrected chi connectivity index (χ1v) is 8.14. The Kier molecular flexibility index (Phi) is 4.61. The standard InChI is InChI=1S/C19H20N4O2/c1-12-4-7-15(8-5-12)14(3)20-18(24)11-23-19(25)16-9-6-13(2)10-17(16)21-22-23/h4-10,14H,11H2,1-3H3,(H,20,24). The van der Waals surface area contributed by atoms with Gasteiger partial charge in [-0.25, -0.2) is 4.68 Å². The van der Waals surface area contributed by atoms with Gasteiger partial charge in [-0.3, -0.25) is 9.59 Å². The number of benzene rings is 2. The summed E-state index contributed by atoms with van der Waals surface area (Å²) in [5.41, 5.74) is 3.39. The number of hydrogen-bond acceptors (Lipinski definition) is 4. The lowest BCUT2D eigenvalue weighted by Crippen LogP contribution is -2.35. The fraction of sp³-hybridized carbons (Fsp3) is 0.263. The molecule has 0 fully saturated rings. The van der Waals surface area contributed by atoms with E-state index in [0.29, 0.717) is 10.9 Å². The molecule has 0 saturated heterocycles. The summed E-state index contributed by atoms with van der Waals surface area (Å²) < 4.78 is 1.09. The Balaban J connectivity index is 1.75. The number of amides is 1. The quantitative estimate of drug-likeness (QED) is 0.793. The topological polar surface area (TPSA) is 76.9 Å². The highest BCUT2D eigenvalue weighted by atomic mass is 16.2. The maximum absolute atomic E-state index is 12.4. The summed E-state index contributed by atoms with van der Waals surface area (Å²) in [7, 11) is 0. The molecule has 0 aliphatic heterocycles. The smallest absolute Gasteiger partial charge is 0.278 e. The monoisotopic (exact) mass is 336 g/mol. The Bertz CT molecular complexity index is 977. The molecular weight excluding hydrogens is 316 g/mol. The van der Waals surface area contributed by atoms with Gasteiger partial charge in [-0.1, -0.05) is 41.1 Å². The van der Waals surface area contributed by atoms with Crippen molar-refractivity contribution in [3.8, 4) is 0 Å². The van der Waals surface area contributed by atoms with Crippen LogP contribution in [-0.2, 0) is 11.3 Å². The molecule has 1 amide bonds. The van der Waals surface area contributed by atoms with Gasteiger partial charge in [0, 0.05) is 0 Å². The Hall–Kier alpha value is -3.02. The van der Waals surface area contributed by atoms with Crippen LogP contribution in [0.3, 0.4) is 0 Å². The highest BCUT2D eigenvalue weighted by Crippen LogP contribution is 2.13. The number of aromatic nitrogens is 3. The van der Waals surface area contributed by atoms with Gasteiger partial charge in [0.05, 0.1) is 11.4 Å². The minimum Gasteiger partial charge on any atom is -0.348 e. The molecule has 3 aromatic rings. The first-order valence-electron chi connectivity index (χ1n) is 8.14. The van der Waals surface area contributed by atoms with Crippen LogP contribution in [0, 0.1) is 13.8 Å². The molecule has 0 aliphatic rings. The molecule has 128 valence electrons. The number of carbonyl (C=O) groups is 1. The molecule has 0 radical (unpaired) electrons. The van der Waals surface area contributed by atoms with Crippen molar-refractivity contribution >= 4 is 16.8 Å². The average Bonchev–Trinajstić information content (AvgIpc) is 2.58. The highest BCUT2D eigenvalue weighted by molar-refractivity contribution is 5.79. The fourth-order valence-corrected chi connectivity index (χ4v) is 2.65. The summed E-state index contributed by atoms with van der Waals surface area (Å²) in [6.45, 7) is 5.68. The Labute approximate surface area is 145 Å². The fourth-order valence-electron chi connectivity index (χ4n) is 2.65. The van der Waals surface area contributed by atoms with Gasteiger partial charge in [0.15, 0.2) is 0 Å². The highest BCUT2D eigenvalue weighted by Gasteiger charge is 2.13. The van der Waals surface area contributed by atoms with Gasteiger partial charge in [0.2, 0.25) is 5.91 Å². The van der Waals surface area contributed by atoms with E-state index in [2.05, 4.69) is 15.6 Å². The molecule has 25 heavy (non-hydrogen) atoms. The molecule has 0 spiro atoms. The lowest BCUT2D eigenvalue weighted by Gasteiger charge is -2.14. The molecule has 3 rings (SSSR count). The van der Waals surface area contributed by atoms with Crippen LogP contribution < -0.4 is 10.9 Å². The van der Waals surface area contributed by atoms with E-state index in [1.807, 2.05) is 51.1 Å². The van der Waals surface area contributed by atoms with Gasteiger partial charge >= 0.3 is 0 Å². The van der Waals surface area contributed by atoms with Gasteiger partial charge in [0.25, 0.3) is 5.56 Å². The predicted molar refractivity (Wildman–Crippen MR) is 96.3 cm³/mol. The van der Waals surface area contributed by atoms with Crippen molar-refractivity contribution in [2.75, 3.05) is 0 Å². The minimum atomic E-state index is -0.317.